The first-order chi connectivity index (χ1) is 13.6. The van der Waals surface area contributed by atoms with Gasteiger partial charge in [-0.2, -0.15) is 0 Å². The molecule has 4 rings (SSSR count). The van der Waals surface area contributed by atoms with Crippen molar-refractivity contribution < 1.29 is 9.18 Å². The van der Waals surface area contributed by atoms with E-state index >= 15 is 0 Å². The summed E-state index contributed by atoms with van der Waals surface area (Å²) in [4.78, 5) is 32.2. The van der Waals surface area contributed by atoms with E-state index in [0.717, 1.165) is 31.5 Å². The molecule has 2 heterocycles. The highest BCUT2D eigenvalue weighted by Gasteiger charge is 2.20. The quantitative estimate of drug-likeness (QED) is 0.690. The number of aromatic nitrogens is 2. The zero-order valence-corrected chi connectivity index (χ0v) is 15.8. The number of anilines is 1. The number of nitrogens with zero attached hydrogens (tertiary/aromatic N) is 3. The smallest absolute Gasteiger partial charge is 0.261 e. The average molecular weight is 379 g/mol. The number of fused-ring (bicyclic) bond motifs is 2. The van der Waals surface area contributed by atoms with Crippen LogP contribution in [0.3, 0.4) is 0 Å². The molecule has 1 amide bonds. The average Bonchev–Trinajstić information content (AvgIpc) is 2.72. The molecule has 1 aliphatic rings. The molecule has 2 aromatic carbocycles. The first kappa shape index (κ1) is 18.3. The van der Waals surface area contributed by atoms with Crippen molar-refractivity contribution in [3.63, 3.8) is 0 Å². The van der Waals surface area contributed by atoms with Crippen LogP contribution in [0.15, 0.2) is 47.3 Å². The molecular weight excluding hydrogens is 357 g/mol. The number of carbonyl (C=O) groups excluding carboxylic acids is 1. The van der Waals surface area contributed by atoms with E-state index in [4.69, 9.17) is 0 Å². The first-order valence-electron chi connectivity index (χ1n) is 9.69. The Hall–Kier alpha value is -3.02. The fourth-order valence-corrected chi connectivity index (χ4v) is 3.72. The predicted octanol–water partition coefficient (Wildman–Crippen LogP) is 3.93. The van der Waals surface area contributed by atoms with Gasteiger partial charge in [0.05, 0.1) is 10.9 Å². The van der Waals surface area contributed by atoms with Gasteiger partial charge in [-0.05, 0) is 61.7 Å². The Morgan fingerprint density at radius 3 is 2.71 bits per heavy atom. The van der Waals surface area contributed by atoms with E-state index in [2.05, 4.69) is 4.98 Å². The van der Waals surface area contributed by atoms with Crippen LogP contribution in [0.4, 0.5) is 10.1 Å². The lowest BCUT2D eigenvalue weighted by Gasteiger charge is -2.23. The summed E-state index contributed by atoms with van der Waals surface area (Å²) in [5.41, 5.74) is 1.63. The van der Waals surface area contributed by atoms with Crippen molar-refractivity contribution in [1.29, 1.82) is 0 Å². The van der Waals surface area contributed by atoms with Crippen LogP contribution in [0.2, 0.25) is 0 Å². The van der Waals surface area contributed by atoms with Crippen LogP contribution >= 0.6 is 0 Å². The molecule has 28 heavy (non-hydrogen) atoms. The molecule has 1 aliphatic heterocycles. The topological polar surface area (TPSA) is 55.2 Å². The van der Waals surface area contributed by atoms with E-state index in [9.17, 15) is 14.0 Å². The number of benzene rings is 2. The molecule has 0 saturated carbocycles. The lowest BCUT2D eigenvalue weighted by molar-refractivity contribution is 0.0987. The van der Waals surface area contributed by atoms with Crippen molar-refractivity contribution in [3.8, 4) is 0 Å². The summed E-state index contributed by atoms with van der Waals surface area (Å²) in [6.07, 6.45) is 3.55. The SMILES string of the molecule is CCCN(C(=O)c1ccc2c(=O)n3c(nc2c1)CCCC3)c1ccc(F)cc1. The molecule has 144 valence electrons. The Kier molecular flexibility index (Phi) is 4.94. The van der Waals surface area contributed by atoms with E-state index in [1.807, 2.05) is 6.92 Å². The molecule has 0 spiro atoms. The van der Waals surface area contributed by atoms with E-state index in [0.29, 0.717) is 35.2 Å². The van der Waals surface area contributed by atoms with Gasteiger partial charge in [0.1, 0.15) is 11.6 Å². The highest BCUT2D eigenvalue weighted by Crippen LogP contribution is 2.21. The van der Waals surface area contributed by atoms with Gasteiger partial charge >= 0.3 is 0 Å². The summed E-state index contributed by atoms with van der Waals surface area (Å²) in [6, 6.07) is 11.0. The third-order valence-corrected chi connectivity index (χ3v) is 5.14. The largest absolute Gasteiger partial charge is 0.308 e. The number of hydrogen-bond donors (Lipinski definition) is 0. The molecular formula is C22H22FN3O2. The molecule has 0 saturated heterocycles. The van der Waals surface area contributed by atoms with Gasteiger partial charge in [0.15, 0.2) is 0 Å². The second-order valence-corrected chi connectivity index (χ2v) is 7.11. The Morgan fingerprint density at radius 2 is 1.96 bits per heavy atom. The second-order valence-electron chi connectivity index (χ2n) is 7.11. The molecule has 3 aromatic rings. The van der Waals surface area contributed by atoms with Crippen LogP contribution in [-0.4, -0.2) is 22.0 Å². The molecule has 6 heteroatoms. The molecule has 0 aliphatic carbocycles. The molecule has 0 fully saturated rings. The number of rotatable bonds is 4. The fourth-order valence-electron chi connectivity index (χ4n) is 3.72. The molecule has 0 N–H and O–H groups in total. The normalized spacial score (nSPS) is 13.4. The number of aryl methyl sites for hydroxylation is 1. The van der Waals surface area contributed by atoms with Gasteiger partial charge < -0.3 is 4.90 Å². The Bertz CT molecular complexity index is 1090. The summed E-state index contributed by atoms with van der Waals surface area (Å²) < 4.78 is 15.0. The summed E-state index contributed by atoms with van der Waals surface area (Å²) in [5.74, 6) is 0.264. The zero-order chi connectivity index (χ0) is 19.7. The fraction of sp³-hybridized carbons (Fsp3) is 0.318. The standard InChI is InChI=1S/C22H22FN3O2/c1-2-12-25(17-9-7-16(23)8-10-17)21(27)15-6-11-18-19(14-15)24-20-5-3-4-13-26(20)22(18)28/h6-11,14H,2-5,12-13H2,1H3. The van der Waals surface area contributed by atoms with Crippen molar-refractivity contribution in [2.75, 3.05) is 11.4 Å². The monoisotopic (exact) mass is 379 g/mol. The van der Waals surface area contributed by atoms with Gasteiger partial charge in [0, 0.05) is 30.8 Å². The number of hydrogen-bond acceptors (Lipinski definition) is 3. The molecule has 0 radical (unpaired) electrons. The Balaban J connectivity index is 1.75. The van der Waals surface area contributed by atoms with Crippen LogP contribution in [0.25, 0.3) is 10.9 Å². The van der Waals surface area contributed by atoms with Crippen LogP contribution in [-0.2, 0) is 13.0 Å². The van der Waals surface area contributed by atoms with E-state index < -0.39 is 0 Å². The first-order valence-corrected chi connectivity index (χ1v) is 9.69. The Labute approximate surface area is 162 Å². The van der Waals surface area contributed by atoms with Gasteiger partial charge in [0.25, 0.3) is 11.5 Å². The highest BCUT2D eigenvalue weighted by atomic mass is 19.1. The summed E-state index contributed by atoms with van der Waals surface area (Å²) in [7, 11) is 0. The van der Waals surface area contributed by atoms with Gasteiger partial charge in [-0.1, -0.05) is 6.92 Å². The summed E-state index contributed by atoms with van der Waals surface area (Å²) in [5, 5.41) is 0.533. The van der Waals surface area contributed by atoms with E-state index in [-0.39, 0.29) is 17.3 Å². The predicted molar refractivity (Wildman–Crippen MR) is 107 cm³/mol. The number of carbonyl (C=O) groups is 1. The molecule has 0 atom stereocenters. The minimum Gasteiger partial charge on any atom is -0.308 e. The third kappa shape index (κ3) is 3.30. The molecule has 5 nitrogen and oxygen atoms in total. The van der Waals surface area contributed by atoms with Crippen LogP contribution in [0, 0.1) is 5.82 Å². The maximum atomic E-state index is 13.3. The maximum absolute atomic E-state index is 13.3. The summed E-state index contributed by atoms with van der Waals surface area (Å²) in [6.45, 7) is 3.20. The van der Waals surface area contributed by atoms with E-state index in [1.54, 1.807) is 39.8 Å². The van der Waals surface area contributed by atoms with Crippen LogP contribution in [0.5, 0.6) is 0 Å². The molecule has 0 unspecified atom stereocenters. The highest BCUT2D eigenvalue weighted by molar-refractivity contribution is 6.07. The van der Waals surface area contributed by atoms with Gasteiger partial charge in [-0.25, -0.2) is 9.37 Å². The van der Waals surface area contributed by atoms with Crippen molar-refractivity contribution in [2.24, 2.45) is 0 Å². The lowest BCUT2D eigenvalue weighted by Crippen LogP contribution is -2.32. The zero-order valence-electron chi connectivity index (χ0n) is 15.8. The van der Waals surface area contributed by atoms with Gasteiger partial charge in [-0.3, -0.25) is 14.2 Å². The summed E-state index contributed by atoms with van der Waals surface area (Å²) >= 11 is 0. The molecule has 0 bridgehead atoms. The van der Waals surface area contributed by atoms with Crippen LogP contribution in [0.1, 0.15) is 42.4 Å². The number of halogens is 1. The lowest BCUT2D eigenvalue weighted by atomic mass is 10.1. The minimum absolute atomic E-state index is 0.0392. The maximum Gasteiger partial charge on any atom is 0.261 e. The van der Waals surface area contributed by atoms with Crippen molar-refractivity contribution in [2.45, 2.75) is 39.2 Å². The third-order valence-electron chi connectivity index (χ3n) is 5.14. The van der Waals surface area contributed by atoms with Crippen LogP contribution < -0.4 is 10.5 Å². The van der Waals surface area contributed by atoms with Gasteiger partial charge in [-0.15, -0.1) is 0 Å². The van der Waals surface area contributed by atoms with Crippen molar-refractivity contribution in [3.05, 3.63) is 70.0 Å². The number of amides is 1. The van der Waals surface area contributed by atoms with Crippen molar-refractivity contribution >= 4 is 22.5 Å². The van der Waals surface area contributed by atoms with E-state index in [1.165, 1.54) is 12.1 Å². The van der Waals surface area contributed by atoms with Gasteiger partial charge in [0.2, 0.25) is 0 Å². The Morgan fingerprint density at radius 1 is 1.18 bits per heavy atom. The minimum atomic E-state index is -0.340. The molecule has 1 aromatic heterocycles. The second kappa shape index (κ2) is 7.54. The van der Waals surface area contributed by atoms with Crippen molar-refractivity contribution in [1.82, 2.24) is 9.55 Å².